The fourth-order valence-corrected chi connectivity index (χ4v) is 2.58. The zero-order chi connectivity index (χ0) is 12.3. The number of rotatable bonds is 5. The molecule has 1 aliphatic heterocycles. The van der Waals surface area contributed by atoms with Crippen molar-refractivity contribution < 1.29 is 4.79 Å². The summed E-state index contributed by atoms with van der Waals surface area (Å²) in [5, 5.41) is 3.43. The van der Waals surface area contributed by atoms with Crippen LogP contribution in [0.15, 0.2) is 0 Å². The minimum Gasteiger partial charge on any atom is -0.323 e. The zero-order valence-corrected chi connectivity index (χ0v) is 11.3. The van der Waals surface area contributed by atoms with Crippen molar-refractivity contribution in [3.8, 4) is 0 Å². The Morgan fingerprint density at radius 2 is 1.81 bits per heavy atom. The predicted octanol–water partition coefficient (Wildman–Crippen LogP) is 2.37. The Morgan fingerprint density at radius 1 is 1.25 bits per heavy atom. The second-order valence-corrected chi connectivity index (χ2v) is 4.92. The molecule has 1 heterocycles. The standard InChI is InChI=1S/C13H26N2O/c1-6-9(4)12-13(16)15(10(5)14-12)11(7-2)8-3/h9-12,14H,6-8H2,1-5H3. The van der Waals surface area contributed by atoms with Crippen LogP contribution in [0.2, 0.25) is 0 Å². The summed E-state index contributed by atoms with van der Waals surface area (Å²) in [5.41, 5.74) is 0. The van der Waals surface area contributed by atoms with E-state index in [9.17, 15) is 4.79 Å². The maximum Gasteiger partial charge on any atom is 0.241 e. The number of carbonyl (C=O) groups excluding carboxylic acids is 1. The molecular weight excluding hydrogens is 200 g/mol. The Morgan fingerprint density at radius 3 is 2.25 bits per heavy atom. The highest BCUT2D eigenvalue weighted by Crippen LogP contribution is 2.23. The molecule has 3 heteroatoms. The second kappa shape index (κ2) is 5.67. The Kier molecular flexibility index (Phi) is 4.78. The molecule has 0 radical (unpaired) electrons. The SMILES string of the molecule is CCC(C)C1NC(C)N(C(CC)CC)C1=O. The molecule has 3 unspecified atom stereocenters. The van der Waals surface area contributed by atoms with Crippen LogP contribution in [0, 0.1) is 5.92 Å². The molecule has 1 aliphatic rings. The molecule has 16 heavy (non-hydrogen) atoms. The molecule has 0 saturated carbocycles. The first kappa shape index (κ1) is 13.5. The van der Waals surface area contributed by atoms with Gasteiger partial charge in [-0.3, -0.25) is 10.1 Å². The number of amides is 1. The van der Waals surface area contributed by atoms with Gasteiger partial charge in [0.15, 0.2) is 0 Å². The van der Waals surface area contributed by atoms with Crippen LogP contribution in [0.25, 0.3) is 0 Å². The van der Waals surface area contributed by atoms with Crippen molar-refractivity contribution in [2.75, 3.05) is 0 Å². The van der Waals surface area contributed by atoms with E-state index in [4.69, 9.17) is 0 Å². The van der Waals surface area contributed by atoms with Crippen LogP contribution in [0.3, 0.4) is 0 Å². The molecule has 0 aromatic rings. The Balaban J connectivity index is 2.78. The lowest BCUT2D eigenvalue weighted by molar-refractivity contribution is -0.133. The second-order valence-electron chi connectivity index (χ2n) is 4.92. The highest BCUT2D eigenvalue weighted by molar-refractivity contribution is 5.84. The van der Waals surface area contributed by atoms with Gasteiger partial charge in [0.2, 0.25) is 5.91 Å². The lowest BCUT2D eigenvalue weighted by atomic mass is 9.99. The highest BCUT2D eigenvalue weighted by Gasteiger charge is 2.41. The van der Waals surface area contributed by atoms with Crippen LogP contribution < -0.4 is 5.32 Å². The highest BCUT2D eigenvalue weighted by atomic mass is 16.2. The van der Waals surface area contributed by atoms with E-state index in [0.29, 0.717) is 17.9 Å². The average Bonchev–Trinajstić information content (AvgIpc) is 2.57. The summed E-state index contributed by atoms with van der Waals surface area (Å²) in [6.45, 7) is 10.7. The summed E-state index contributed by atoms with van der Waals surface area (Å²) in [6, 6.07) is 0.421. The molecule has 3 atom stereocenters. The molecule has 0 aromatic heterocycles. The number of nitrogens with zero attached hydrogens (tertiary/aromatic N) is 1. The molecule has 0 aromatic carbocycles. The van der Waals surface area contributed by atoms with E-state index in [2.05, 4.69) is 44.8 Å². The largest absolute Gasteiger partial charge is 0.323 e. The van der Waals surface area contributed by atoms with E-state index >= 15 is 0 Å². The smallest absolute Gasteiger partial charge is 0.241 e. The van der Waals surface area contributed by atoms with E-state index in [1.807, 2.05) is 0 Å². The third-order valence-corrected chi connectivity index (χ3v) is 3.91. The van der Waals surface area contributed by atoms with Crippen molar-refractivity contribution in [1.82, 2.24) is 10.2 Å². The minimum atomic E-state index is 0.0283. The molecular formula is C13H26N2O. The van der Waals surface area contributed by atoms with Crippen molar-refractivity contribution >= 4 is 5.91 Å². The van der Waals surface area contributed by atoms with Gasteiger partial charge in [0.25, 0.3) is 0 Å². The van der Waals surface area contributed by atoms with Gasteiger partial charge in [-0.05, 0) is 25.7 Å². The summed E-state index contributed by atoms with van der Waals surface area (Å²) >= 11 is 0. The van der Waals surface area contributed by atoms with Crippen molar-refractivity contribution in [3.05, 3.63) is 0 Å². The molecule has 94 valence electrons. The lowest BCUT2D eigenvalue weighted by Gasteiger charge is -2.29. The number of nitrogens with one attached hydrogen (secondary N) is 1. The van der Waals surface area contributed by atoms with Crippen LogP contribution in [0.1, 0.15) is 53.9 Å². The molecule has 3 nitrogen and oxygen atoms in total. The fourth-order valence-electron chi connectivity index (χ4n) is 2.58. The Hall–Kier alpha value is -0.570. The van der Waals surface area contributed by atoms with Crippen molar-refractivity contribution in [2.24, 2.45) is 5.92 Å². The summed E-state index contributed by atoms with van der Waals surface area (Å²) in [4.78, 5) is 14.4. The lowest BCUT2D eigenvalue weighted by Crippen LogP contribution is -2.42. The third-order valence-electron chi connectivity index (χ3n) is 3.91. The fraction of sp³-hybridized carbons (Fsp3) is 0.923. The van der Waals surface area contributed by atoms with Crippen LogP contribution >= 0.6 is 0 Å². The monoisotopic (exact) mass is 226 g/mol. The number of hydrogen-bond donors (Lipinski definition) is 1. The van der Waals surface area contributed by atoms with E-state index in [0.717, 1.165) is 19.3 Å². The van der Waals surface area contributed by atoms with Gasteiger partial charge in [0.1, 0.15) is 0 Å². The van der Waals surface area contributed by atoms with Crippen LogP contribution in [0.5, 0.6) is 0 Å². The van der Waals surface area contributed by atoms with E-state index in [-0.39, 0.29) is 12.2 Å². The third kappa shape index (κ3) is 2.40. The van der Waals surface area contributed by atoms with Crippen molar-refractivity contribution in [2.45, 2.75) is 72.1 Å². The van der Waals surface area contributed by atoms with Gasteiger partial charge in [-0.25, -0.2) is 0 Å². The molecule has 1 saturated heterocycles. The molecule has 1 amide bonds. The Labute approximate surface area is 99.6 Å². The molecule has 0 bridgehead atoms. The van der Waals surface area contributed by atoms with Gasteiger partial charge in [-0.15, -0.1) is 0 Å². The van der Waals surface area contributed by atoms with E-state index < -0.39 is 0 Å². The Bertz CT molecular complexity index is 238. The maximum atomic E-state index is 12.3. The van der Waals surface area contributed by atoms with Crippen LogP contribution in [-0.4, -0.2) is 29.1 Å². The summed E-state index contributed by atoms with van der Waals surface area (Å²) in [5.74, 6) is 0.727. The first-order valence-electron chi connectivity index (χ1n) is 6.64. The van der Waals surface area contributed by atoms with Gasteiger partial charge in [-0.2, -0.15) is 0 Å². The number of hydrogen-bond acceptors (Lipinski definition) is 2. The van der Waals surface area contributed by atoms with Gasteiger partial charge in [0, 0.05) is 6.04 Å². The quantitative estimate of drug-likeness (QED) is 0.780. The first-order valence-corrected chi connectivity index (χ1v) is 6.64. The van der Waals surface area contributed by atoms with Gasteiger partial charge >= 0.3 is 0 Å². The normalized spacial score (nSPS) is 27.9. The van der Waals surface area contributed by atoms with Gasteiger partial charge in [0.05, 0.1) is 12.2 Å². The van der Waals surface area contributed by atoms with Crippen LogP contribution in [0.4, 0.5) is 0 Å². The first-order chi connectivity index (χ1) is 7.56. The summed E-state index contributed by atoms with van der Waals surface area (Å²) < 4.78 is 0. The number of carbonyl (C=O) groups is 1. The van der Waals surface area contributed by atoms with Gasteiger partial charge in [-0.1, -0.05) is 34.1 Å². The van der Waals surface area contributed by atoms with Crippen molar-refractivity contribution in [3.63, 3.8) is 0 Å². The maximum absolute atomic E-state index is 12.3. The molecule has 1 rings (SSSR count). The zero-order valence-electron chi connectivity index (χ0n) is 11.3. The molecule has 1 N–H and O–H groups in total. The average molecular weight is 226 g/mol. The summed E-state index contributed by atoms with van der Waals surface area (Å²) in [7, 11) is 0. The topological polar surface area (TPSA) is 32.3 Å². The molecule has 1 fully saturated rings. The van der Waals surface area contributed by atoms with E-state index in [1.165, 1.54) is 0 Å². The molecule has 0 aliphatic carbocycles. The van der Waals surface area contributed by atoms with Gasteiger partial charge < -0.3 is 4.90 Å². The van der Waals surface area contributed by atoms with Crippen LogP contribution in [-0.2, 0) is 4.79 Å². The van der Waals surface area contributed by atoms with E-state index in [1.54, 1.807) is 0 Å². The minimum absolute atomic E-state index is 0.0283. The summed E-state index contributed by atoms with van der Waals surface area (Å²) in [6.07, 6.45) is 3.33. The van der Waals surface area contributed by atoms with Crippen molar-refractivity contribution in [1.29, 1.82) is 0 Å². The predicted molar refractivity (Wildman–Crippen MR) is 67.1 cm³/mol. The molecule has 0 spiro atoms.